The van der Waals surface area contributed by atoms with Crippen molar-refractivity contribution in [2.24, 2.45) is 5.16 Å². The van der Waals surface area contributed by atoms with Crippen molar-refractivity contribution >= 4 is 5.71 Å². The highest BCUT2D eigenvalue weighted by Crippen LogP contribution is 2.14. The van der Waals surface area contributed by atoms with Crippen molar-refractivity contribution in [2.75, 3.05) is 13.1 Å². The van der Waals surface area contributed by atoms with Crippen LogP contribution >= 0.6 is 0 Å². The van der Waals surface area contributed by atoms with E-state index < -0.39 is 18.9 Å². The molecular formula is C8H15N2O2-. The van der Waals surface area contributed by atoms with Gasteiger partial charge in [-0.05, 0) is 13.8 Å². The van der Waals surface area contributed by atoms with Crippen molar-refractivity contribution < 1.29 is 10.3 Å². The zero-order valence-corrected chi connectivity index (χ0v) is 7.20. The molecule has 0 spiro atoms. The van der Waals surface area contributed by atoms with Crippen molar-refractivity contribution in [1.29, 1.82) is 0 Å². The highest BCUT2D eigenvalue weighted by Gasteiger charge is 2.21. The molecule has 1 saturated heterocycles. The van der Waals surface area contributed by atoms with Crippen LogP contribution in [0.5, 0.6) is 0 Å². The average Bonchev–Trinajstić information content (AvgIpc) is 2.19. The number of rotatable bonds is 2. The minimum absolute atomic E-state index is 0.154. The van der Waals surface area contributed by atoms with Crippen LogP contribution in [0.4, 0.5) is 0 Å². The first-order valence-corrected chi connectivity index (χ1v) is 3.82. The Morgan fingerprint density at radius 2 is 2.75 bits per heavy atom. The lowest BCUT2D eigenvalue weighted by molar-refractivity contribution is -0.180. The molecule has 70 valence electrons. The SMILES string of the molecule is [3H]C1C(=N[O-])CC([3H])([3H])N(OCC)C1([3H])C. The third-order valence-corrected chi connectivity index (χ3v) is 1.48. The van der Waals surface area contributed by atoms with Gasteiger partial charge in [0.1, 0.15) is 0 Å². The topological polar surface area (TPSA) is 47.9 Å². The molecule has 0 aromatic carbocycles. The van der Waals surface area contributed by atoms with Crippen molar-refractivity contribution in [3.63, 3.8) is 0 Å². The second kappa shape index (κ2) is 4.42. The highest BCUT2D eigenvalue weighted by molar-refractivity contribution is 5.85. The molecule has 1 aliphatic heterocycles. The van der Waals surface area contributed by atoms with Crippen LogP contribution in [-0.2, 0) is 4.84 Å². The Labute approximate surface area is 78.4 Å². The number of hydrogen-bond donors (Lipinski definition) is 0. The highest BCUT2D eigenvalue weighted by atomic mass is 16.7. The van der Waals surface area contributed by atoms with Crippen LogP contribution in [0.1, 0.15) is 32.1 Å². The maximum atomic E-state index is 10.5. The molecule has 0 aliphatic carbocycles. The summed E-state index contributed by atoms with van der Waals surface area (Å²) >= 11 is 0. The van der Waals surface area contributed by atoms with E-state index in [1.807, 2.05) is 0 Å². The Morgan fingerprint density at radius 1 is 2.00 bits per heavy atom. The van der Waals surface area contributed by atoms with Crippen LogP contribution in [0, 0.1) is 5.21 Å². The standard InChI is InChI=1S/C8H16N2O2/c1-3-12-10-5-4-8(9-11)6-7(10)2/h7,11H,3-6H2,1-2H3/p-1/i5T2,6T,7T. The molecular weight excluding hydrogens is 156 g/mol. The molecule has 0 aromatic heterocycles. The Morgan fingerprint density at radius 3 is 3.33 bits per heavy atom. The minimum atomic E-state index is -1.99. The fourth-order valence-electron chi connectivity index (χ4n) is 0.963. The largest absolute Gasteiger partial charge is 0.792 e. The van der Waals surface area contributed by atoms with Crippen LogP contribution < -0.4 is 0 Å². The summed E-state index contributed by atoms with van der Waals surface area (Å²) in [5, 5.41) is 14.0. The zero-order chi connectivity index (χ0) is 12.6. The zero-order valence-electron chi connectivity index (χ0n) is 11.2. The summed E-state index contributed by atoms with van der Waals surface area (Å²) in [4.78, 5) is 5.07. The Hall–Kier alpha value is -0.610. The van der Waals surface area contributed by atoms with Crippen LogP contribution in [0.3, 0.4) is 0 Å². The lowest BCUT2D eigenvalue weighted by Crippen LogP contribution is -2.40. The molecule has 0 N–H and O–H groups in total. The number of piperidine rings is 1. The van der Waals surface area contributed by atoms with E-state index in [0.717, 1.165) is 5.06 Å². The smallest absolute Gasteiger partial charge is 0.0657 e. The third-order valence-electron chi connectivity index (χ3n) is 1.48. The van der Waals surface area contributed by atoms with Crippen LogP contribution in [0.2, 0.25) is 0 Å². The van der Waals surface area contributed by atoms with E-state index in [1.165, 1.54) is 6.92 Å². The molecule has 1 heterocycles. The summed E-state index contributed by atoms with van der Waals surface area (Å²) in [5.41, 5.74) is -0.154. The molecule has 0 amide bonds. The van der Waals surface area contributed by atoms with Crippen LogP contribution in [0.25, 0.3) is 0 Å². The fourth-order valence-corrected chi connectivity index (χ4v) is 0.963. The maximum absolute atomic E-state index is 10.5. The number of hydrogen-bond acceptors (Lipinski definition) is 4. The average molecular weight is 179 g/mol. The van der Waals surface area contributed by atoms with Gasteiger partial charge in [0.2, 0.25) is 0 Å². The van der Waals surface area contributed by atoms with Crippen LogP contribution in [-0.4, -0.2) is 29.9 Å². The lowest BCUT2D eigenvalue weighted by Gasteiger charge is -2.33. The predicted molar refractivity (Wildman–Crippen MR) is 47.8 cm³/mol. The molecule has 1 rings (SSSR count). The van der Waals surface area contributed by atoms with Gasteiger partial charge >= 0.3 is 0 Å². The van der Waals surface area contributed by atoms with E-state index in [9.17, 15) is 5.21 Å². The second-order valence-corrected chi connectivity index (χ2v) is 2.42. The summed E-state index contributed by atoms with van der Waals surface area (Å²) < 4.78 is 31.1. The molecule has 0 aromatic rings. The molecule has 0 radical (unpaired) electrons. The molecule has 2 atom stereocenters. The van der Waals surface area contributed by atoms with E-state index in [-0.39, 0.29) is 18.7 Å². The first-order valence-electron chi connectivity index (χ1n) is 5.89. The minimum Gasteiger partial charge on any atom is -0.792 e. The molecule has 4 nitrogen and oxygen atoms in total. The number of hydroxylamine groups is 2. The molecule has 12 heavy (non-hydrogen) atoms. The van der Waals surface area contributed by atoms with Crippen LogP contribution in [0.15, 0.2) is 5.16 Å². The predicted octanol–water partition coefficient (Wildman–Crippen LogP) is 1.36. The molecule has 2 unspecified atom stereocenters. The van der Waals surface area contributed by atoms with E-state index in [1.54, 1.807) is 6.92 Å². The Bertz CT molecular complexity index is 296. The Balaban J connectivity index is 3.09. The molecule has 0 saturated carbocycles. The fraction of sp³-hybridized carbons (Fsp3) is 0.875. The summed E-state index contributed by atoms with van der Waals surface area (Å²) in [5.74, 6) is 0. The van der Waals surface area contributed by atoms with Gasteiger partial charge in [-0.15, -0.1) is 0 Å². The summed E-state index contributed by atoms with van der Waals surface area (Å²) in [6.07, 6.45) is -1.51. The van der Waals surface area contributed by atoms with Gasteiger partial charge in [-0.2, -0.15) is 5.06 Å². The van der Waals surface area contributed by atoms with Gasteiger partial charge < -0.3 is 10.4 Å². The first-order chi connectivity index (χ1) is 7.27. The molecule has 0 bridgehead atoms. The summed E-state index contributed by atoms with van der Waals surface area (Å²) in [6.45, 7) is 1.21. The first kappa shape index (κ1) is 5.19. The van der Waals surface area contributed by atoms with Gasteiger partial charge in [0.05, 0.1) is 6.61 Å². The van der Waals surface area contributed by atoms with Gasteiger partial charge in [-0.1, -0.05) is 0 Å². The summed E-state index contributed by atoms with van der Waals surface area (Å²) in [6, 6.07) is -1.67. The van der Waals surface area contributed by atoms with Gasteiger partial charge in [-0.3, -0.25) is 4.84 Å². The van der Waals surface area contributed by atoms with Crippen molar-refractivity contribution in [2.45, 2.75) is 32.7 Å². The summed E-state index contributed by atoms with van der Waals surface area (Å²) in [7, 11) is 0. The monoisotopic (exact) mass is 179 g/mol. The normalized spacial score (nSPS) is 50.8. The van der Waals surface area contributed by atoms with Gasteiger partial charge in [0, 0.05) is 36.5 Å². The molecule has 4 heteroatoms. The molecule has 1 aliphatic rings. The van der Waals surface area contributed by atoms with Crippen molar-refractivity contribution in [3.8, 4) is 0 Å². The third kappa shape index (κ3) is 2.19. The lowest BCUT2D eigenvalue weighted by atomic mass is 10.0. The van der Waals surface area contributed by atoms with E-state index in [0.29, 0.717) is 0 Å². The van der Waals surface area contributed by atoms with Gasteiger partial charge in [0.15, 0.2) is 0 Å². The van der Waals surface area contributed by atoms with E-state index in [2.05, 4.69) is 5.16 Å². The Kier molecular flexibility index (Phi) is 1.91. The van der Waals surface area contributed by atoms with Crippen molar-refractivity contribution in [3.05, 3.63) is 5.21 Å². The van der Waals surface area contributed by atoms with Crippen molar-refractivity contribution in [1.82, 2.24) is 5.06 Å². The number of nitrogens with zero attached hydrogens (tertiary/aromatic N) is 2. The van der Waals surface area contributed by atoms with E-state index in [4.69, 9.17) is 10.3 Å². The van der Waals surface area contributed by atoms with E-state index >= 15 is 0 Å². The molecule has 1 fully saturated rings. The maximum Gasteiger partial charge on any atom is 0.0657 e. The quantitative estimate of drug-likeness (QED) is 0.601. The van der Waals surface area contributed by atoms with Gasteiger partial charge in [0.25, 0.3) is 0 Å². The second-order valence-electron chi connectivity index (χ2n) is 2.42. The van der Waals surface area contributed by atoms with Gasteiger partial charge in [-0.25, -0.2) is 0 Å².